The van der Waals surface area contributed by atoms with Gasteiger partial charge in [0.05, 0.1) is 25.0 Å². The molecular weight excluding hydrogens is 448 g/mol. The maximum Gasteiger partial charge on any atom is 0.407 e. The van der Waals surface area contributed by atoms with E-state index >= 15 is 0 Å². The molecule has 2 N–H and O–H groups in total. The Hall–Kier alpha value is -3.39. The number of rotatable bonds is 9. The number of hydrogen-bond acceptors (Lipinski definition) is 5. The fourth-order valence-corrected chi connectivity index (χ4v) is 4.91. The number of nitrogens with zero attached hydrogens (tertiary/aromatic N) is 1. The quantitative estimate of drug-likeness (QED) is 0.533. The van der Waals surface area contributed by atoms with E-state index in [-0.39, 0.29) is 57.1 Å². The van der Waals surface area contributed by atoms with Crippen LogP contribution in [0, 0.1) is 11.3 Å². The fourth-order valence-electron chi connectivity index (χ4n) is 4.91. The summed E-state index contributed by atoms with van der Waals surface area (Å²) in [5, 5.41) is 12.1. The maximum atomic E-state index is 12.4. The van der Waals surface area contributed by atoms with E-state index in [9.17, 15) is 19.5 Å². The molecule has 2 aliphatic rings. The smallest absolute Gasteiger partial charge is 0.407 e. The van der Waals surface area contributed by atoms with Crippen LogP contribution < -0.4 is 5.32 Å². The van der Waals surface area contributed by atoms with E-state index in [0.717, 1.165) is 11.1 Å². The van der Waals surface area contributed by atoms with Crippen LogP contribution in [0.4, 0.5) is 4.79 Å². The van der Waals surface area contributed by atoms with Crippen molar-refractivity contribution in [3.05, 3.63) is 59.7 Å². The third-order valence-corrected chi connectivity index (χ3v) is 7.26. The lowest BCUT2D eigenvalue weighted by molar-refractivity contribution is -0.149. The molecule has 8 heteroatoms. The predicted octanol–water partition coefficient (Wildman–Crippen LogP) is 3.50. The molecule has 1 aliphatic carbocycles. The van der Waals surface area contributed by atoms with Gasteiger partial charge in [0, 0.05) is 25.6 Å². The first-order chi connectivity index (χ1) is 16.8. The molecule has 35 heavy (non-hydrogen) atoms. The molecule has 0 bridgehead atoms. The van der Waals surface area contributed by atoms with Gasteiger partial charge in [0.2, 0.25) is 5.91 Å². The lowest BCUT2D eigenvalue weighted by atomic mass is 9.81. The number of fused-ring (bicyclic) bond motifs is 3. The lowest BCUT2D eigenvalue weighted by Gasteiger charge is -2.22. The van der Waals surface area contributed by atoms with Crippen molar-refractivity contribution in [1.29, 1.82) is 0 Å². The van der Waals surface area contributed by atoms with Crippen molar-refractivity contribution in [3.8, 4) is 11.1 Å². The van der Waals surface area contributed by atoms with Crippen LogP contribution in [0.15, 0.2) is 48.5 Å². The molecule has 2 aromatic carbocycles. The largest absolute Gasteiger partial charge is 0.481 e. The van der Waals surface area contributed by atoms with Crippen molar-refractivity contribution in [2.45, 2.75) is 26.2 Å². The van der Waals surface area contributed by atoms with Gasteiger partial charge in [-0.3, -0.25) is 9.59 Å². The van der Waals surface area contributed by atoms with E-state index < -0.39 is 17.5 Å². The number of carbonyl (C=O) groups excluding carboxylic acids is 2. The van der Waals surface area contributed by atoms with Crippen molar-refractivity contribution in [2.24, 2.45) is 11.3 Å². The Morgan fingerprint density at radius 3 is 2.29 bits per heavy atom. The van der Waals surface area contributed by atoms with Gasteiger partial charge in [-0.1, -0.05) is 55.5 Å². The monoisotopic (exact) mass is 480 g/mol. The second-order valence-corrected chi connectivity index (χ2v) is 9.51. The van der Waals surface area contributed by atoms with E-state index in [1.54, 1.807) is 11.8 Å². The number of aliphatic carboxylic acids is 1. The van der Waals surface area contributed by atoms with Crippen LogP contribution in [-0.2, 0) is 19.1 Å². The highest BCUT2D eigenvalue weighted by atomic mass is 16.5. The second kappa shape index (κ2) is 10.5. The standard InChI is InChI=1S/C27H32N2O6/c1-18-15-29(17-27(18,2)25(31)32)24(30)11-13-34-14-12-28-26(33)35-16-23-21-9-5-3-7-19(21)20-8-4-6-10-22(20)23/h3-10,18,23H,11-17H2,1-2H3,(H,28,33)(H,31,32)/t18-,27-/m1/s1. The number of hydrogen-bond donors (Lipinski definition) is 2. The van der Waals surface area contributed by atoms with E-state index in [4.69, 9.17) is 9.47 Å². The molecule has 0 saturated carbocycles. The Morgan fingerprint density at radius 1 is 1.06 bits per heavy atom. The molecule has 0 spiro atoms. The molecule has 186 valence electrons. The number of alkyl carbamates (subject to hydrolysis) is 1. The Balaban J connectivity index is 1.14. The molecule has 1 aliphatic heterocycles. The average molecular weight is 481 g/mol. The number of carboxylic acids is 1. The zero-order valence-corrected chi connectivity index (χ0v) is 20.2. The molecule has 2 atom stereocenters. The number of carboxylic acid groups (broad SMARTS) is 1. The van der Waals surface area contributed by atoms with Gasteiger partial charge in [0.25, 0.3) is 0 Å². The normalized spacial score (nSPS) is 20.9. The summed E-state index contributed by atoms with van der Waals surface area (Å²) in [6.07, 6.45) is -0.335. The van der Waals surface area contributed by atoms with Crippen LogP contribution in [-0.4, -0.2) is 67.4 Å². The van der Waals surface area contributed by atoms with Crippen molar-refractivity contribution < 1.29 is 29.0 Å². The first-order valence-electron chi connectivity index (χ1n) is 12.0. The Kier molecular flexibility index (Phi) is 7.40. The minimum atomic E-state index is -0.913. The van der Waals surface area contributed by atoms with Crippen LogP contribution in [0.2, 0.25) is 0 Å². The summed E-state index contributed by atoms with van der Waals surface area (Å²) < 4.78 is 11.0. The van der Waals surface area contributed by atoms with Gasteiger partial charge in [0.15, 0.2) is 0 Å². The molecule has 1 fully saturated rings. The van der Waals surface area contributed by atoms with E-state index in [0.29, 0.717) is 6.54 Å². The lowest BCUT2D eigenvalue weighted by Crippen LogP contribution is -2.36. The number of amides is 2. The van der Waals surface area contributed by atoms with Gasteiger partial charge >= 0.3 is 12.1 Å². The summed E-state index contributed by atoms with van der Waals surface area (Å²) in [7, 11) is 0. The number of likely N-dealkylation sites (tertiary alicyclic amines) is 1. The van der Waals surface area contributed by atoms with Crippen LogP contribution in [0.5, 0.6) is 0 Å². The maximum absolute atomic E-state index is 12.4. The fraction of sp³-hybridized carbons (Fsp3) is 0.444. The van der Waals surface area contributed by atoms with Crippen molar-refractivity contribution >= 4 is 18.0 Å². The molecule has 4 rings (SSSR count). The van der Waals surface area contributed by atoms with Crippen LogP contribution >= 0.6 is 0 Å². The predicted molar refractivity (Wildman–Crippen MR) is 130 cm³/mol. The highest BCUT2D eigenvalue weighted by Crippen LogP contribution is 2.44. The first-order valence-corrected chi connectivity index (χ1v) is 12.0. The topological polar surface area (TPSA) is 105 Å². The van der Waals surface area contributed by atoms with Crippen molar-refractivity contribution in [3.63, 3.8) is 0 Å². The van der Waals surface area contributed by atoms with E-state index in [1.165, 1.54) is 11.1 Å². The molecule has 2 amide bonds. The zero-order valence-electron chi connectivity index (χ0n) is 20.2. The SMILES string of the molecule is C[C@@H]1CN(C(=O)CCOCCNC(=O)OCC2c3ccccc3-c3ccccc32)C[C@@]1(C)C(=O)O. The number of benzene rings is 2. The average Bonchev–Trinajstić information content (AvgIpc) is 3.34. The summed E-state index contributed by atoms with van der Waals surface area (Å²) in [5.41, 5.74) is 3.76. The summed E-state index contributed by atoms with van der Waals surface area (Å²) in [6.45, 7) is 5.16. The van der Waals surface area contributed by atoms with Crippen molar-refractivity contribution in [2.75, 3.05) is 39.5 Å². The molecular formula is C27H32N2O6. The molecule has 1 saturated heterocycles. The number of nitrogens with one attached hydrogen (secondary N) is 1. The van der Waals surface area contributed by atoms with E-state index in [1.807, 2.05) is 31.2 Å². The number of carbonyl (C=O) groups is 3. The van der Waals surface area contributed by atoms with Gasteiger partial charge in [0.1, 0.15) is 6.61 Å². The van der Waals surface area contributed by atoms with Gasteiger partial charge in [-0.25, -0.2) is 4.79 Å². The molecule has 0 aromatic heterocycles. The molecule has 8 nitrogen and oxygen atoms in total. The molecule has 2 aromatic rings. The summed E-state index contributed by atoms with van der Waals surface area (Å²) in [4.78, 5) is 37.7. The highest BCUT2D eigenvalue weighted by molar-refractivity contribution is 5.81. The van der Waals surface area contributed by atoms with Crippen LogP contribution in [0.1, 0.15) is 37.3 Å². The Labute approximate surface area is 205 Å². The Morgan fingerprint density at radius 2 is 1.69 bits per heavy atom. The van der Waals surface area contributed by atoms with Gasteiger partial charge in [-0.2, -0.15) is 0 Å². The van der Waals surface area contributed by atoms with Crippen LogP contribution in [0.25, 0.3) is 11.1 Å². The van der Waals surface area contributed by atoms with Gasteiger partial charge in [-0.15, -0.1) is 0 Å². The van der Waals surface area contributed by atoms with Crippen LogP contribution in [0.3, 0.4) is 0 Å². The summed E-state index contributed by atoms with van der Waals surface area (Å²) >= 11 is 0. The summed E-state index contributed by atoms with van der Waals surface area (Å²) in [5.74, 6) is -1.10. The third kappa shape index (κ3) is 5.17. The third-order valence-electron chi connectivity index (χ3n) is 7.26. The minimum absolute atomic E-state index is 0.00621. The molecule has 0 radical (unpaired) electrons. The Bertz CT molecular complexity index is 1060. The first kappa shape index (κ1) is 24.7. The molecule has 0 unspecified atom stereocenters. The second-order valence-electron chi connectivity index (χ2n) is 9.51. The highest BCUT2D eigenvalue weighted by Gasteiger charge is 2.47. The van der Waals surface area contributed by atoms with Crippen molar-refractivity contribution in [1.82, 2.24) is 10.2 Å². The number of ether oxygens (including phenoxy) is 2. The summed E-state index contributed by atoms with van der Waals surface area (Å²) in [6, 6.07) is 16.3. The zero-order chi connectivity index (χ0) is 25.0. The van der Waals surface area contributed by atoms with Gasteiger partial charge < -0.3 is 24.8 Å². The van der Waals surface area contributed by atoms with Gasteiger partial charge in [-0.05, 0) is 35.1 Å². The molecule has 1 heterocycles. The minimum Gasteiger partial charge on any atom is -0.481 e. The van der Waals surface area contributed by atoms with E-state index in [2.05, 4.69) is 29.6 Å².